The van der Waals surface area contributed by atoms with E-state index in [1.54, 1.807) is 0 Å². The molecule has 0 aliphatic carbocycles. The first-order valence-corrected chi connectivity index (χ1v) is 1.67. The monoisotopic (exact) mass is 446 g/mol. The first kappa shape index (κ1) is 86.0. The minimum Gasteiger partial charge on any atom is -0.693 e. The van der Waals surface area contributed by atoms with Gasteiger partial charge in [-0.05, 0) is 0 Å². The normalized spacial score (nSPS) is 2.14. The van der Waals surface area contributed by atoms with Crippen molar-refractivity contribution in [2.45, 2.75) is 14.9 Å². The number of nitrogens with two attached hydrogens (primary N) is 11. The SMILES string of the molecule is C.C.NN.NN.NN.NN.NN.[NH2-].[U]. The molecule has 0 aliphatic heterocycles. The Kier molecular flexibility index (Phi) is 35500. The summed E-state index contributed by atoms with van der Waals surface area (Å²) >= 11 is 0. The van der Waals surface area contributed by atoms with Crippen molar-refractivity contribution in [3.05, 3.63) is 6.15 Å². The second kappa shape index (κ2) is 5780. The van der Waals surface area contributed by atoms with E-state index in [-0.39, 0.29) is 52.1 Å². The summed E-state index contributed by atoms with van der Waals surface area (Å²) in [6, 6.07) is 0. The van der Waals surface area contributed by atoms with E-state index in [9.17, 15) is 0 Å². The molecule has 22 N–H and O–H groups in total. The van der Waals surface area contributed by atoms with Crippen molar-refractivity contribution in [3.63, 3.8) is 0 Å². The molecule has 0 amide bonds. The van der Waals surface area contributed by atoms with Gasteiger partial charge in [0.05, 0.1) is 0 Å². The molecular weight excluding hydrogens is 416 g/mol. The number of hydrazine groups is 5. The molecule has 0 aliphatic rings. The summed E-state index contributed by atoms with van der Waals surface area (Å²) in [7, 11) is 0. The Bertz CT molecular complexity index is 13.2. The van der Waals surface area contributed by atoms with E-state index in [2.05, 4.69) is 58.4 Å². The van der Waals surface area contributed by atoms with Crippen LogP contribution in [0.2, 0.25) is 0 Å². The van der Waals surface area contributed by atoms with E-state index in [0.29, 0.717) is 0 Å². The van der Waals surface area contributed by atoms with Gasteiger partial charge in [-0.1, -0.05) is 14.9 Å². The van der Waals surface area contributed by atoms with Crippen LogP contribution >= 0.6 is 0 Å². The molecule has 98 valence electrons. The van der Waals surface area contributed by atoms with Gasteiger partial charge < -0.3 is 6.15 Å². The zero-order chi connectivity index (χ0) is 10.0. The molecule has 0 saturated heterocycles. The minimum atomic E-state index is 0. The maximum absolute atomic E-state index is 4.00. The van der Waals surface area contributed by atoms with Crippen LogP contribution in [0.3, 0.4) is 0 Å². The van der Waals surface area contributed by atoms with Crippen LogP contribution in [0.1, 0.15) is 14.9 Å². The topological polar surface area (TPSA) is 294 Å². The van der Waals surface area contributed by atoms with E-state index in [1.807, 2.05) is 0 Å². The third-order valence-corrected chi connectivity index (χ3v) is 0. The summed E-state index contributed by atoms with van der Waals surface area (Å²) in [5.41, 5.74) is 0. The molecule has 0 saturated carbocycles. The molecule has 0 fully saturated rings. The number of hydrogen-bond acceptors (Lipinski definition) is 10. The largest absolute Gasteiger partial charge is 0.693 e. The maximum Gasteiger partial charge on any atom is 0 e. The van der Waals surface area contributed by atoms with Gasteiger partial charge >= 0.3 is 0 Å². The molecule has 0 spiro atoms. The van der Waals surface area contributed by atoms with Crippen molar-refractivity contribution in [2.24, 2.45) is 58.4 Å². The molecule has 0 heterocycles. The molecule has 12 heteroatoms. The minimum absolute atomic E-state index is 0. The van der Waals surface area contributed by atoms with Crippen molar-refractivity contribution in [1.82, 2.24) is 0 Å². The van der Waals surface area contributed by atoms with E-state index in [0.717, 1.165) is 0 Å². The van der Waals surface area contributed by atoms with Crippen LogP contribution in [-0.2, 0) is 0 Å². The molecule has 0 unspecified atom stereocenters. The fourth-order valence-corrected chi connectivity index (χ4v) is 0. The number of rotatable bonds is 0. The molecule has 11 nitrogen and oxygen atoms in total. The first-order valence-electron chi connectivity index (χ1n) is 1.67. The van der Waals surface area contributed by atoms with Gasteiger partial charge in [0.15, 0.2) is 0 Å². The Balaban J connectivity index is -0.00000000298. The van der Waals surface area contributed by atoms with Gasteiger partial charge in [0.25, 0.3) is 0 Å². The predicted octanol–water partition coefficient (Wildman–Crippen LogP) is -3.92. The molecule has 0 aromatic heterocycles. The second-order valence-corrected chi connectivity index (χ2v) is 0. The van der Waals surface area contributed by atoms with Crippen molar-refractivity contribution >= 4 is 0 Å². The van der Waals surface area contributed by atoms with E-state index in [4.69, 9.17) is 0 Å². The first-order chi connectivity index (χ1) is 5.00. The van der Waals surface area contributed by atoms with Gasteiger partial charge in [0.2, 0.25) is 0 Å². The van der Waals surface area contributed by atoms with E-state index in [1.165, 1.54) is 0 Å². The molecule has 0 atom stereocenters. The molecular formula is C2H30N11U-. The van der Waals surface area contributed by atoms with Crippen LogP contribution in [-0.4, -0.2) is 0 Å². The van der Waals surface area contributed by atoms with E-state index < -0.39 is 0 Å². The van der Waals surface area contributed by atoms with Crippen molar-refractivity contribution in [2.75, 3.05) is 0 Å². The average Bonchev–Trinajstić information content (AvgIpc) is 2.20. The Morgan fingerprint density at radius 2 is 0.357 bits per heavy atom. The summed E-state index contributed by atoms with van der Waals surface area (Å²) in [6.07, 6.45) is 0. The molecule has 0 bridgehead atoms. The second-order valence-electron chi connectivity index (χ2n) is 0. The van der Waals surface area contributed by atoms with Crippen LogP contribution in [0.5, 0.6) is 0 Å². The van der Waals surface area contributed by atoms with Gasteiger partial charge in [-0.25, -0.2) is 0 Å². The molecule has 0 aromatic carbocycles. The summed E-state index contributed by atoms with van der Waals surface area (Å²) in [5.74, 6) is 40.0. The van der Waals surface area contributed by atoms with Gasteiger partial charge in [0, 0.05) is 31.1 Å². The quantitative estimate of drug-likeness (QED) is 0.127. The van der Waals surface area contributed by atoms with E-state index >= 15 is 0 Å². The molecule has 0 radical (unpaired) electrons. The molecule has 0 rings (SSSR count). The summed E-state index contributed by atoms with van der Waals surface area (Å²) in [5, 5.41) is 0. The Morgan fingerprint density at radius 3 is 0.357 bits per heavy atom. The van der Waals surface area contributed by atoms with Gasteiger partial charge in [0.1, 0.15) is 0 Å². The zero-order valence-corrected chi connectivity index (χ0v) is 11.0. The third-order valence-electron chi connectivity index (χ3n) is 0. The van der Waals surface area contributed by atoms with Gasteiger partial charge in [-0.15, -0.1) is 0 Å². The summed E-state index contributed by atoms with van der Waals surface area (Å²) in [4.78, 5) is 0. The standard InChI is InChI=1S/2CH4.5H4N2.H2N.U/c;;5*1-2;;/h2*1H4;5*1-2H2;1H2;/q;;;;;;;-1;. The Labute approximate surface area is 110 Å². The summed E-state index contributed by atoms with van der Waals surface area (Å²) in [6.45, 7) is 0. The predicted molar refractivity (Wildman–Crippen MR) is 60.6 cm³/mol. The van der Waals surface area contributed by atoms with Crippen LogP contribution in [0.4, 0.5) is 0 Å². The smallest absolute Gasteiger partial charge is 0 e. The van der Waals surface area contributed by atoms with Crippen LogP contribution in [0, 0.1) is 31.1 Å². The Hall–Kier alpha value is 0.612. The molecule has 0 aromatic rings. The van der Waals surface area contributed by atoms with Gasteiger partial charge in [-0.3, -0.25) is 58.4 Å². The van der Waals surface area contributed by atoms with Crippen LogP contribution < -0.4 is 58.4 Å². The third kappa shape index (κ3) is 4540. The fraction of sp³-hybridized carbons (Fsp3) is 1.00. The maximum atomic E-state index is 4.00. The van der Waals surface area contributed by atoms with Crippen LogP contribution in [0.15, 0.2) is 0 Å². The van der Waals surface area contributed by atoms with Gasteiger partial charge in [-0.2, -0.15) is 0 Å². The zero-order valence-electron chi connectivity index (χ0n) is 6.85. The average molecular weight is 446 g/mol. The Morgan fingerprint density at radius 1 is 0.357 bits per heavy atom. The van der Waals surface area contributed by atoms with Crippen LogP contribution in [0.25, 0.3) is 6.15 Å². The van der Waals surface area contributed by atoms with Crippen molar-refractivity contribution < 1.29 is 31.1 Å². The fourth-order valence-electron chi connectivity index (χ4n) is 0. The van der Waals surface area contributed by atoms with Crippen molar-refractivity contribution in [3.8, 4) is 0 Å². The molecule has 14 heavy (non-hydrogen) atoms. The summed E-state index contributed by atoms with van der Waals surface area (Å²) < 4.78 is 0. The number of hydrogen-bond donors (Lipinski definition) is 10. The van der Waals surface area contributed by atoms with Crippen molar-refractivity contribution in [1.29, 1.82) is 0 Å².